The van der Waals surface area contributed by atoms with Gasteiger partial charge < -0.3 is 17.2 Å². The molecule has 1 aromatic heterocycles. The van der Waals surface area contributed by atoms with Crippen LogP contribution in [0.25, 0.3) is 22.3 Å². The van der Waals surface area contributed by atoms with Crippen molar-refractivity contribution in [1.29, 1.82) is 0 Å². The summed E-state index contributed by atoms with van der Waals surface area (Å²) in [5, 5.41) is 0.600. The van der Waals surface area contributed by atoms with Gasteiger partial charge in [0.25, 0.3) is 0 Å². The molecule has 3 aromatic rings. The molecule has 6 N–H and O–H groups in total. The molecule has 0 fully saturated rings. The van der Waals surface area contributed by atoms with Crippen LogP contribution in [0.5, 0.6) is 0 Å². The zero-order valence-electron chi connectivity index (χ0n) is 14.0. The van der Waals surface area contributed by atoms with Gasteiger partial charge in [-0.2, -0.15) is 0 Å². The van der Waals surface area contributed by atoms with E-state index < -0.39 is 11.6 Å². The van der Waals surface area contributed by atoms with Crippen LogP contribution in [0.3, 0.4) is 0 Å². The molecule has 0 radical (unpaired) electrons. The molecule has 0 amide bonds. The Balaban J connectivity index is 2.31. The minimum Gasteiger partial charge on any atom is -0.396 e. The summed E-state index contributed by atoms with van der Waals surface area (Å²) in [5.41, 5.74) is 18.7. The van der Waals surface area contributed by atoms with Crippen molar-refractivity contribution in [2.75, 3.05) is 0 Å². The summed E-state index contributed by atoms with van der Waals surface area (Å²) >= 11 is 0. The van der Waals surface area contributed by atoms with E-state index in [0.717, 1.165) is 5.56 Å². The van der Waals surface area contributed by atoms with E-state index in [-0.39, 0.29) is 28.4 Å². The third-order valence-corrected chi connectivity index (χ3v) is 3.95. The molecule has 2 aromatic carbocycles. The number of benzene rings is 2. The Morgan fingerprint density at radius 1 is 1.00 bits per heavy atom. The van der Waals surface area contributed by atoms with Crippen LogP contribution in [0.15, 0.2) is 53.7 Å². The van der Waals surface area contributed by atoms with E-state index in [1.807, 2.05) is 6.92 Å². The van der Waals surface area contributed by atoms with E-state index in [4.69, 9.17) is 17.2 Å². The highest BCUT2D eigenvalue weighted by molar-refractivity contribution is 5.96. The van der Waals surface area contributed by atoms with Gasteiger partial charge in [-0.05, 0) is 42.8 Å². The number of aliphatic imine (C=N–C) groups is 1. The van der Waals surface area contributed by atoms with Crippen LogP contribution in [0.2, 0.25) is 0 Å². The number of guanidine groups is 1. The fraction of sp³-hybridized carbons (Fsp3) is 0.0526. The molecule has 0 aliphatic carbocycles. The molecule has 3 rings (SSSR count). The van der Waals surface area contributed by atoms with Crippen LogP contribution in [0, 0.1) is 18.6 Å². The molecule has 26 heavy (non-hydrogen) atoms. The summed E-state index contributed by atoms with van der Waals surface area (Å²) in [4.78, 5) is 8.01. The van der Waals surface area contributed by atoms with Crippen LogP contribution in [0.4, 0.5) is 8.78 Å². The van der Waals surface area contributed by atoms with Gasteiger partial charge in [0.15, 0.2) is 5.96 Å². The number of nitrogens with zero attached hydrogens (tertiary/aromatic N) is 2. The number of halogens is 2. The maximum absolute atomic E-state index is 14.5. The van der Waals surface area contributed by atoms with E-state index in [0.29, 0.717) is 10.9 Å². The number of hydrogen-bond donors (Lipinski definition) is 3. The molecule has 0 saturated carbocycles. The quantitative estimate of drug-likeness (QED) is 0.383. The molecule has 1 heterocycles. The third kappa shape index (κ3) is 3.19. The minimum absolute atomic E-state index is 0.0309. The molecule has 0 atom stereocenters. The smallest absolute Gasteiger partial charge is 0.191 e. The first-order valence-corrected chi connectivity index (χ1v) is 7.78. The van der Waals surface area contributed by atoms with Gasteiger partial charge in [-0.1, -0.05) is 12.1 Å². The lowest BCUT2D eigenvalue weighted by Crippen LogP contribution is -2.23. The first-order valence-electron chi connectivity index (χ1n) is 7.78. The maximum Gasteiger partial charge on any atom is 0.191 e. The van der Waals surface area contributed by atoms with Gasteiger partial charge in [0, 0.05) is 22.7 Å². The minimum atomic E-state index is -0.547. The molecule has 0 aliphatic heterocycles. The first-order chi connectivity index (χ1) is 12.4. The van der Waals surface area contributed by atoms with Crippen molar-refractivity contribution < 1.29 is 8.78 Å². The molecule has 0 bridgehead atoms. The number of aryl methyl sites for hydroxylation is 1. The van der Waals surface area contributed by atoms with Crippen LogP contribution in [0.1, 0.15) is 16.7 Å². The summed E-state index contributed by atoms with van der Waals surface area (Å²) in [5.74, 6) is -1.37. The Morgan fingerprint density at radius 2 is 1.73 bits per heavy atom. The van der Waals surface area contributed by atoms with Crippen molar-refractivity contribution >= 4 is 28.3 Å². The van der Waals surface area contributed by atoms with E-state index >= 15 is 0 Å². The molecule has 0 aliphatic rings. The molecule has 132 valence electrons. The summed E-state index contributed by atoms with van der Waals surface area (Å²) in [6.45, 7) is 1.83. The highest BCUT2D eigenvalue weighted by atomic mass is 19.1. The Hall–Kier alpha value is -3.48. The molecular formula is C19H17F2N5. The Morgan fingerprint density at radius 3 is 2.42 bits per heavy atom. The molecule has 5 nitrogen and oxygen atoms in total. The van der Waals surface area contributed by atoms with E-state index in [1.165, 1.54) is 30.5 Å². The monoisotopic (exact) mass is 353 g/mol. The third-order valence-electron chi connectivity index (χ3n) is 3.95. The highest BCUT2D eigenvalue weighted by Gasteiger charge is 2.15. The lowest BCUT2D eigenvalue weighted by atomic mass is 10.0. The van der Waals surface area contributed by atoms with Gasteiger partial charge in [0.1, 0.15) is 22.8 Å². The first kappa shape index (κ1) is 17.3. The predicted octanol–water partition coefficient (Wildman–Crippen LogP) is 2.88. The van der Waals surface area contributed by atoms with Crippen LogP contribution in [-0.2, 0) is 0 Å². The number of pyridine rings is 1. The number of rotatable bonds is 3. The van der Waals surface area contributed by atoms with Gasteiger partial charge in [-0.3, -0.25) is 4.98 Å². The van der Waals surface area contributed by atoms with Crippen LogP contribution >= 0.6 is 0 Å². The Kier molecular flexibility index (Phi) is 4.53. The topological polar surface area (TPSA) is 103 Å². The lowest BCUT2D eigenvalue weighted by molar-refractivity contribution is 0.624. The largest absolute Gasteiger partial charge is 0.396 e. The number of fused-ring (bicyclic) bond motifs is 1. The fourth-order valence-electron chi connectivity index (χ4n) is 2.68. The van der Waals surface area contributed by atoms with Crippen molar-refractivity contribution in [2.24, 2.45) is 22.2 Å². The van der Waals surface area contributed by atoms with E-state index in [9.17, 15) is 8.78 Å². The van der Waals surface area contributed by atoms with E-state index in [2.05, 4.69) is 9.98 Å². The summed E-state index contributed by atoms with van der Waals surface area (Å²) in [7, 11) is 0. The number of hydrogen-bond acceptors (Lipinski definition) is 3. The normalized spacial score (nSPS) is 12.0. The fourth-order valence-corrected chi connectivity index (χ4v) is 2.68. The SMILES string of the molecule is Cc1ccnc2c(F)cc(/C(N)=C(/N=C(N)N)c3ccccc3F)cc12. The molecule has 0 unspecified atom stereocenters. The molecule has 7 heteroatoms. The highest BCUT2D eigenvalue weighted by Crippen LogP contribution is 2.29. The predicted molar refractivity (Wildman–Crippen MR) is 99.6 cm³/mol. The summed E-state index contributed by atoms with van der Waals surface area (Å²) < 4.78 is 28.7. The zero-order chi connectivity index (χ0) is 18.8. The average molecular weight is 353 g/mol. The Bertz CT molecular complexity index is 1050. The van der Waals surface area contributed by atoms with Gasteiger partial charge in [0.2, 0.25) is 0 Å². The van der Waals surface area contributed by atoms with Crippen molar-refractivity contribution in [1.82, 2.24) is 4.98 Å². The van der Waals surface area contributed by atoms with Gasteiger partial charge in [-0.25, -0.2) is 13.8 Å². The van der Waals surface area contributed by atoms with Crippen molar-refractivity contribution in [3.8, 4) is 0 Å². The van der Waals surface area contributed by atoms with Crippen LogP contribution in [-0.4, -0.2) is 10.9 Å². The molecule has 0 spiro atoms. The standard InChI is InChI=1S/C19H17F2N5/c1-10-6-7-25-17-13(10)8-11(9-15(17)21)16(22)18(26-19(23)24)12-4-2-3-5-14(12)20/h2-9H,22H2,1H3,(H4,23,24,26)/b18-16-. The maximum atomic E-state index is 14.5. The van der Waals surface area contributed by atoms with Crippen molar-refractivity contribution in [3.63, 3.8) is 0 Å². The van der Waals surface area contributed by atoms with E-state index in [1.54, 1.807) is 18.2 Å². The average Bonchev–Trinajstić information content (AvgIpc) is 2.60. The zero-order valence-corrected chi connectivity index (χ0v) is 14.0. The lowest BCUT2D eigenvalue weighted by Gasteiger charge is -2.12. The second-order valence-corrected chi connectivity index (χ2v) is 5.76. The van der Waals surface area contributed by atoms with Crippen molar-refractivity contribution in [2.45, 2.75) is 6.92 Å². The van der Waals surface area contributed by atoms with Crippen molar-refractivity contribution in [3.05, 3.63) is 77.0 Å². The molecular weight excluding hydrogens is 336 g/mol. The summed E-state index contributed by atoms with van der Waals surface area (Å²) in [6.07, 6.45) is 1.53. The Labute approximate surface area is 148 Å². The van der Waals surface area contributed by atoms with Gasteiger partial charge in [0.05, 0.1) is 5.70 Å². The number of nitrogens with two attached hydrogens (primary N) is 3. The van der Waals surface area contributed by atoms with Crippen LogP contribution < -0.4 is 17.2 Å². The summed E-state index contributed by atoms with van der Waals surface area (Å²) in [6, 6.07) is 10.6. The molecule has 0 saturated heterocycles. The van der Waals surface area contributed by atoms with Gasteiger partial charge >= 0.3 is 0 Å². The van der Waals surface area contributed by atoms with Gasteiger partial charge in [-0.15, -0.1) is 0 Å². The second kappa shape index (κ2) is 6.79. The second-order valence-electron chi connectivity index (χ2n) is 5.76. The number of aromatic nitrogens is 1.